The van der Waals surface area contributed by atoms with Crippen molar-refractivity contribution in [1.29, 1.82) is 0 Å². The van der Waals surface area contributed by atoms with Crippen LogP contribution in [0.5, 0.6) is 0 Å². The molecular weight excluding hydrogens is 434 g/mol. The molecule has 1 saturated heterocycles. The van der Waals surface area contributed by atoms with Crippen molar-refractivity contribution in [2.45, 2.75) is 47.1 Å². The van der Waals surface area contributed by atoms with Crippen LogP contribution in [0.4, 0.5) is 5.69 Å². The molecule has 6 nitrogen and oxygen atoms in total. The Morgan fingerprint density at radius 2 is 1.74 bits per heavy atom. The molecule has 0 bridgehead atoms. The number of rotatable bonds is 4. The van der Waals surface area contributed by atoms with Gasteiger partial charge in [0.15, 0.2) is 5.65 Å². The van der Waals surface area contributed by atoms with Crippen LogP contribution in [0.25, 0.3) is 5.65 Å². The molecule has 4 aromatic rings. The predicted octanol–water partition coefficient (Wildman–Crippen LogP) is 4.90. The summed E-state index contributed by atoms with van der Waals surface area (Å²) in [4.78, 5) is 22.8. The highest BCUT2D eigenvalue weighted by Gasteiger charge is 2.29. The van der Waals surface area contributed by atoms with Crippen LogP contribution in [0, 0.1) is 27.7 Å². The van der Waals surface area contributed by atoms with E-state index in [1.165, 1.54) is 22.4 Å². The van der Waals surface area contributed by atoms with Crippen LogP contribution in [-0.2, 0) is 6.42 Å². The summed E-state index contributed by atoms with van der Waals surface area (Å²) in [6.07, 6.45) is 2.49. The molecular formula is C29H33N5O. The van der Waals surface area contributed by atoms with Crippen molar-refractivity contribution >= 4 is 17.2 Å². The Morgan fingerprint density at radius 3 is 2.46 bits per heavy atom. The van der Waals surface area contributed by atoms with E-state index in [1.807, 2.05) is 16.3 Å². The number of aromatic nitrogens is 3. The normalized spacial score (nSPS) is 16.2. The molecule has 1 fully saturated rings. The molecule has 6 heteroatoms. The van der Waals surface area contributed by atoms with Crippen LogP contribution < -0.4 is 4.90 Å². The third-order valence-electron chi connectivity index (χ3n) is 7.35. The molecule has 1 aliphatic heterocycles. The minimum Gasteiger partial charge on any atom is -0.365 e. The number of nitrogens with zero attached hydrogens (tertiary/aromatic N) is 5. The summed E-state index contributed by atoms with van der Waals surface area (Å²) in [6.45, 7) is 12.7. The zero-order chi connectivity index (χ0) is 24.7. The lowest BCUT2D eigenvalue weighted by Gasteiger charge is -2.41. The Labute approximate surface area is 207 Å². The van der Waals surface area contributed by atoms with Crippen LogP contribution in [0.1, 0.15) is 50.9 Å². The van der Waals surface area contributed by atoms with E-state index < -0.39 is 0 Å². The number of piperazine rings is 1. The quantitative estimate of drug-likeness (QED) is 0.428. The lowest BCUT2D eigenvalue weighted by molar-refractivity contribution is 0.0728. The molecule has 2 aromatic carbocycles. The van der Waals surface area contributed by atoms with Crippen LogP contribution >= 0.6 is 0 Å². The fraction of sp³-hybridized carbons (Fsp3) is 0.345. The zero-order valence-corrected chi connectivity index (χ0v) is 21.2. The van der Waals surface area contributed by atoms with Crippen molar-refractivity contribution in [3.8, 4) is 0 Å². The molecule has 35 heavy (non-hydrogen) atoms. The Morgan fingerprint density at radius 1 is 1.00 bits per heavy atom. The fourth-order valence-electron chi connectivity index (χ4n) is 5.15. The van der Waals surface area contributed by atoms with Gasteiger partial charge in [0.1, 0.15) is 5.56 Å². The summed E-state index contributed by atoms with van der Waals surface area (Å²) in [5.74, 6) is 0.00774. The molecule has 1 aliphatic rings. The Balaban J connectivity index is 1.39. The largest absolute Gasteiger partial charge is 0.365 e. The molecule has 1 atom stereocenters. The van der Waals surface area contributed by atoms with Gasteiger partial charge in [0, 0.05) is 49.2 Å². The number of hydrogen-bond acceptors (Lipinski definition) is 4. The second-order valence-electron chi connectivity index (χ2n) is 9.79. The van der Waals surface area contributed by atoms with Crippen LogP contribution in [-0.4, -0.2) is 51.1 Å². The van der Waals surface area contributed by atoms with Crippen LogP contribution in [0.2, 0.25) is 0 Å². The topological polar surface area (TPSA) is 53.7 Å². The molecule has 3 heterocycles. The SMILES string of the molecule is Cc1ccc(N2CCN(C(=O)c3cnn4c(C)c(Cc5ccccc5C)c(C)nc34)C[C@@H]2C)cc1. The van der Waals surface area contributed by atoms with Gasteiger partial charge in [-0.2, -0.15) is 5.10 Å². The fourth-order valence-corrected chi connectivity index (χ4v) is 5.15. The van der Waals surface area contributed by atoms with Crippen LogP contribution in [0.15, 0.2) is 54.7 Å². The Hall–Kier alpha value is -3.67. The van der Waals surface area contributed by atoms with E-state index in [0.29, 0.717) is 24.3 Å². The van der Waals surface area contributed by atoms with Gasteiger partial charge in [0.25, 0.3) is 5.91 Å². The van der Waals surface area contributed by atoms with Gasteiger partial charge in [0.2, 0.25) is 0 Å². The highest BCUT2D eigenvalue weighted by Crippen LogP contribution is 2.25. The monoisotopic (exact) mass is 467 g/mol. The van der Waals surface area contributed by atoms with Gasteiger partial charge in [-0.25, -0.2) is 9.50 Å². The molecule has 0 N–H and O–H groups in total. The van der Waals surface area contributed by atoms with Gasteiger partial charge in [-0.15, -0.1) is 0 Å². The van der Waals surface area contributed by atoms with E-state index in [0.717, 1.165) is 29.9 Å². The molecule has 0 spiro atoms. The maximum atomic E-state index is 13.6. The summed E-state index contributed by atoms with van der Waals surface area (Å²) in [5, 5.41) is 4.59. The van der Waals surface area contributed by atoms with Gasteiger partial charge in [-0.05, 0) is 63.4 Å². The second-order valence-corrected chi connectivity index (χ2v) is 9.79. The predicted molar refractivity (Wildman–Crippen MR) is 140 cm³/mol. The first kappa shape index (κ1) is 23.1. The van der Waals surface area contributed by atoms with E-state index >= 15 is 0 Å². The summed E-state index contributed by atoms with van der Waals surface area (Å²) >= 11 is 0. The minimum atomic E-state index is 0.00774. The van der Waals surface area contributed by atoms with E-state index in [2.05, 4.69) is 86.2 Å². The van der Waals surface area contributed by atoms with E-state index in [1.54, 1.807) is 6.20 Å². The van der Waals surface area contributed by atoms with Gasteiger partial charge in [0.05, 0.1) is 6.20 Å². The molecule has 5 rings (SSSR count). The summed E-state index contributed by atoms with van der Waals surface area (Å²) < 4.78 is 1.83. The number of hydrogen-bond donors (Lipinski definition) is 0. The summed E-state index contributed by atoms with van der Waals surface area (Å²) in [7, 11) is 0. The van der Waals surface area contributed by atoms with Crippen molar-refractivity contribution in [1.82, 2.24) is 19.5 Å². The average Bonchev–Trinajstić information content (AvgIpc) is 3.27. The number of benzene rings is 2. The van der Waals surface area contributed by atoms with Crippen molar-refractivity contribution < 1.29 is 4.79 Å². The molecule has 0 radical (unpaired) electrons. The first-order chi connectivity index (χ1) is 16.8. The van der Waals surface area contributed by atoms with Gasteiger partial charge >= 0.3 is 0 Å². The van der Waals surface area contributed by atoms with Gasteiger partial charge < -0.3 is 9.80 Å². The summed E-state index contributed by atoms with van der Waals surface area (Å²) in [6, 6.07) is 17.3. The smallest absolute Gasteiger partial charge is 0.259 e. The van der Waals surface area contributed by atoms with Crippen molar-refractivity contribution in [2.75, 3.05) is 24.5 Å². The van der Waals surface area contributed by atoms with Crippen molar-refractivity contribution in [3.05, 3.63) is 93.9 Å². The number of amides is 1. The lowest BCUT2D eigenvalue weighted by atomic mass is 9.98. The van der Waals surface area contributed by atoms with Crippen molar-refractivity contribution in [3.63, 3.8) is 0 Å². The van der Waals surface area contributed by atoms with Gasteiger partial charge in [-0.3, -0.25) is 4.79 Å². The molecule has 1 amide bonds. The Kier molecular flexibility index (Phi) is 6.05. The number of carbonyl (C=O) groups is 1. The van der Waals surface area contributed by atoms with E-state index in [9.17, 15) is 4.79 Å². The third-order valence-corrected chi connectivity index (χ3v) is 7.35. The molecule has 180 valence electrons. The maximum absolute atomic E-state index is 13.6. The lowest BCUT2D eigenvalue weighted by Crippen LogP contribution is -2.53. The number of aryl methyl sites for hydroxylation is 4. The second kappa shape index (κ2) is 9.17. The number of anilines is 1. The zero-order valence-electron chi connectivity index (χ0n) is 21.2. The molecule has 0 aliphatic carbocycles. The number of carbonyl (C=O) groups excluding carboxylic acids is 1. The third kappa shape index (κ3) is 4.29. The number of fused-ring (bicyclic) bond motifs is 1. The van der Waals surface area contributed by atoms with Crippen molar-refractivity contribution in [2.24, 2.45) is 0 Å². The van der Waals surface area contributed by atoms with E-state index in [-0.39, 0.29) is 11.9 Å². The molecule has 0 unspecified atom stereocenters. The first-order valence-corrected chi connectivity index (χ1v) is 12.3. The maximum Gasteiger partial charge on any atom is 0.259 e. The highest BCUT2D eigenvalue weighted by atomic mass is 16.2. The van der Waals surface area contributed by atoms with Gasteiger partial charge in [-0.1, -0.05) is 42.0 Å². The first-order valence-electron chi connectivity index (χ1n) is 12.3. The molecule has 0 saturated carbocycles. The molecule has 2 aromatic heterocycles. The Bertz CT molecular complexity index is 1390. The average molecular weight is 468 g/mol. The standard InChI is InChI=1S/C29H33N5O/c1-19-10-12-25(13-11-19)33-15-14-32(18-21(33)3)29(35)27-17-30-34-23(5)26(22(4)31-28(27)34)16-24-9-7-6-8-20(24)2/h6-13,17,21H,14-16,18H2,1-5H3/t21-/m0/s1. The summed E-state index contributed by atoms with van der Waals surface area (Å²) in [5.41, 5.74) is 9.38. The minimum absolute atomic E-state index is 0.00774. The van der Waals surface area contributed by atoms with Crippen LogP contribution in [0.3, 0.4) is 0 Å². The van der Waals surface area contributed by atoms with E-state index in [4.69, 9.17) is 4.98 Å². The highest BCUT2D eigenvalue weighted by molar-refractivity contribution is 6.00.